The van der Waals surface area contributed by atoms with Crippen LogP contribution in [0.25, 0.3) is 10.6 Å². The summed E-state index contributed by atoms with van der Waals surface area (Å²) in [7, 11) is 1.58. The second-order valence-electron chi connectivity index (χ2n) is 5.42. The summed E-state index contributed by atoms with van der Waals surface area (Å²) in [6.45, 7) is 2.46. The van der Waals surface area contributed by atoms with Crippen LogP contribution >= 0.6 is 11.3 Å². The van der Waals surface area contributed by atoms with Crippen molar-refractivity contribution in [3.05, 3.63) is 70.7 Å². The van der Waals surface area contributed by atoms with Gasteiger partial charge in [0, 0.05) is 16.5 Å². The first kappa shape index (κ1) is 16.2. The highest BCUT2D eigenvalue weighted by Gasteiger charge is 2.09. The third-order valence-corrected chi connectivity index (χ3v) is 4.55. The van der Waals surface area contributed by atoms with Crippen LogP contribution in [-0.2, 0) is 6.54 Å². The van der Waals surface area contributed by atoms with Crippen LogP contribution in [0.3, 0.4) is 0 Å². The molecule has 122 valence electrons. The topological polar surface area (TPSA) is 51.2 Å². The monoisotopic (exact) mass is 338 g/mol. The standard InChI is InChI=1S/C19H18N2O2S/c1-13-6-8-14(9-7-13)19-21-16(12-24-19)11-20-18(22)15-4-3-5-17(10-15)23-2/h3-10,12H,11H2,1-2H3,(H,20,22). The summed E-state index contributed by atoms with van der Waals surface area (Å²) in [4.78, 5) is 16.8. The van der Waals surface area contributed by atoms with Gasteiger partial charge in [-0.3, -0.25) is 4.79 Å². The van der Waals surface area contributed by atoms with Crippen molar-refractivity contribution in [3.63, 3.8) is 0 Å². The van der Waals surface area contributed by atoms with Crippen LogP contribution in [0.2, 0.25) is 0 Å². The zero-order valence-electron chi connectivity index (χ0n) is 13.6. The number of hydrogen-bond acceptors (Lipinski definition) is 4. The Morgan fingerprint density at radius 2 is 2.00 bits per heavy atom. The molecule has 1 heterocycles. The van der Waals surface area contributed by atoms with Crippen LogP contribution in [-0.4, -0.2) is 18.0 Å². The predicted octanol–water partition coefficient (Wildman–Crippen LogP) is 4.06. The van der Waals surface area contributed by atoms with Crippen LogP contribution in [0.1, 0.15) is 21.6 Å². The number of ether oxygens (including phenoxy) is 1. The Morgan fingerprint density at radius 3 is 2.75 bits per heavy atom. The van der Waals surface area contributed by atoms with Crippen molar-refractivity contribution in [2.24, 2.45) is 0 Å². The fourth-order valence-electron chi connectivity index (χ4n) is 2.25. The lowest BCUT2D eigenvalue weighted by atomic mass is 10.2. The maximum absolute atomic E-state index is 12.2. The molecule has 2 aromatic carbocycles. The first-order valence-corrected chi connectivity index (χ1v) is 8.47. The minimum Gasteiger partial charge on any atom is -0.497 e. The molecular weight excluding hydrogens is 320 g/mol. The van der Waals surface area contributed by atoms with Gasteiger partial charge in [-0.15, -0.1) is 11.3 Å². The molecule has 0 spiro atoms. The first-order valence-electron chi connectivity index (χ1n) is 7.59. The zero-order valence-corrected chi connectivity index (χ0v) is 14.4. The van der Waals surface area contributed by atoms with Gasteiger partial charge in [0.25, 0.3) is 5.91 Å². The normalized spacial score (nSPS) is 10.4. The molecule has 4 nitrogen and oxygen atoms in total. The van der Waals surface area contributed by atoms with Gasteiger partial charge in [-0.05, 0) is 25.1 Å². The molecule has 0 atom stereocenters. The van der Waals surface area contributed by atoms with Crippen LogP contribution in [0, 0.1) is 6.92 Å². The molecule has 0 saturated carbocycles. The van der Waals surface area contributed by atoms with Gasteiger partial charge in [-0.2, -0.15) is 0 Å². The molecule has 1 amide bonds. The van der Waals surface area contributed by atoms with E-state index in [1.165, 1.54) is 5.56 Å². The fraction of sp³-hybridized carbons (Fsp3) is 0.158. The minimum atomic E-state index is -0.140. The van der Waals surface area contributed by atoms with Crippen molar-refractivity contribution >= 4 is 17.2 Å². The molecule has 0 bridgehead atoms. The average Bonchev–Trinajstić information content (AvgIpc) is 3.09. The van der Waals surface area contributed by atoms with Gasteiger partial charge in [0.05, 0.1) is 19.3 Å². The number of aryl methyl sites for hydroxylation is 1. The van der Waals surface area contributed by atoms with Crippen LogP contribution in [0.4, 0.5) is 0 Å². The number of carbonyl (C=O) groups excluding carboxylic acids is 1. The lowest BCUT2D eigenvalue weighted by Crippen LogP contribution is -2.22. The van der Waals surface area contributed by atoms with E-state index in [-0.39, 0.29) is 5.91 Å². The zero-order chi connectivity index (χ0) is 16.9. The number of hydrogen-bond donors (Lipinski definition) is 1. The molecule has 1 N–H and O–H groups in total. The molecule has 0 saturated heterocycles. The van der Waals surface area contributed by atoms with E-state index in [1.807, 2.05) is 11.4 Å². The van der Waals surface area contributed by atoms with E-state index in [4.69, 9.17) is 4.74 Å². The molecular formula is C19H18N2O2S. The molecule has 0 aliphatic rings. The molecule has 0 radical (unpaired) electrons. The lowest BCUT2D eigenvalue weighted by Gasteiger charge is -2.05. The summed E-state index contributed by atoms with van der Waals surface area (Å²) in [5.74, 6) is 0.525. The molecule has 0 aliphatic carbocycles. The van der Waals surface area contributed by atoms with E-state index in [1.54, 1.807) is 36.6 Å². The maximum Gasteiger partial charge on any atom is 0.251 e. The molecule has 0 aliphatic heterocycles. The van der Waals surface area contributed by atoms with E-state index in [9.17, 15) is 4.79 Å². The third-order valence-electron chi connectivity index (χ3n) is 3.61. The summed E-state index contributed by atoms with van der Waals surface area (Å²) in [6.07, 6.45) is 0. The Morgan fingerprint density at radius 1 is 1.21 bits per heavy atom. The van der Waals surface area contributed by atoms with Crippen molar-refractivity contribution in [1.29, 1.82) is 0 Å². The maximum atomic E-state index is 12.2. The van der Waals surface area contributed by atoms with Gasteiger partial charge in [-0.25, -0.2) is 4.98 Å². The van der Waals surface area contributed by atoms with Crippen molar-refractivity contribution in [1.82, 2.24) is 10.3 Å². The van der Waals surface area contributed by atoms with E-state index in [0.717, 1.165) is 16.3 Å². The SMILES string of the molecule is COc1cccc(C(=O)NCc2csc(-c3ccc(C)cc3)n2)c1. The second-order valence-corrected chi connectivity index (χ2v) is 6.28. The Labute approximate surface area is 145 Å². The van der Waals surface area contributed by atoms with Gasteiger partial charge in [0.2, 0.25) is 0 Å². The molecule has 3 rings (SSSR count). The summed E-state index contributed by atoms with van der Waals surface area (Å²) in [6, 6.07) is 15.4. The summed E-state index contributed by atoms with van der Waals surface area (Å²) in [5.41, 5.74) is 3.74. The Balaban J connectivity index is 1.64. The summed E-state index contributed by atoms with van der Waals surface area (Å²) >= 11 is 1.58. The van der Waals surface area contributed by atoms with Crippen molar-refractivity contribution in [3.8, 4) is 16.3 Å². The van der Waals surface area contributed by atoms with Crippen LogP contribution < -0.4 is 10.1 Å². The molecule has 24 heavy (non-hydrogen) atoms. The molecule has 3 aromatic rings. The molecule has 5 heteroatoms. The number of methoxy groups -OCH3 is 1. The largest absolute Gasteiger partial charge is 0.497 e. The molecule has 1 aromatic heterocycles. The van der Waals surface area contributed by atoms with E-state index in [0.29, 0.717) is 17.9 Å². The molecule has 0 fully saturated rings. The highest BCUT2D eigenvalue weighted by atomic mass is 32.1. The van der Waals surface area contributed by atoms with Crippen LogP contribution in [0.5, 0.6) is 5.75 Å². The first-order chi connectivity index (χ1) is 11.7. The minimum absolute atomic E-state index is 0.140. The molecule has 0 unspecified atom stereocenters. The Kier molecular flexibility index (Phi) is 4.91. The van der Waals surface area contributed by atoms with Crippen molar-refractivity contribution in [2.45, 2.75) is 13.5 Å². The third kappa shape index (κ3) is 3.81. The number of rotatable bonds is 5. The number of amides is 1. The van der Waals surface area contributed by atoms with Crippen molar-refractivity contribution in [2.75, 3.05) is 7.11 Å². The van der Waals surface area contributed by atoms with E-state index >= 15 is 0 Å². The average molecular weight is 338 g/mol. The summed E-state index contributed by atoms with van der Waals surface area (Å²) < 4.78 is 5.14. The number of thiazole rings is 1. The van der Waals surface area contributed by atoms with Crippen LogP contribution in [0.15, 0.2) is 53.9 Å². The highest BCUT2D eigenvalue weighted by molar-refractivity contribution is 7.13. The highest BCUT2D eigenvalue weighted by Crippen LogP contribution is 2.24. The lowest BCUT2D eigenvalue weighted by molar-refractivity contribution is 0.0950. The van der Waals surface area contributed by atoms with E-state index < -0.39 is 0 Å². The smallest absolute Gasteiger partial charge is 0.251 e. The number of carbonyl (C=O) groups is 1. The second kappa shape index (κ2) is 7.27. The Bertz CT molecular complexity index is 841. The number of benzene rings is 2. The number of nitrogens with one attached hydrogen (secondary N) is 1. The quantitative estimate of drug-likeness (QED) is 0.763. The van der Waals surface area contributed by atoms with Gasteiger partial charge >= 0.3 is 0 Å². The Hall–Kier alpha value is -2.66. The van der Waals surface area contributed by atoms with Crippen molar-refractivity contribution < 1.29 is 9.53 Å². The predicted molar refractivity (Wildman–Crippen MR) is 96.5 cm³/mol. The van der Waals surface area contributed by atoms with Gasteiger partial charge in [0.1, 0.15) is 10.8 Å². The fourth-order valence-corrected chi connectivity index (χ4v) is 3.08. The van der Waals surface area contributed by atoms with Gasteiger partial charge in [-0.1, -0.05) is 35.9 Å². The number of nitrogens with zero attached hydrogens (tertiary/aromatic N) is 1. The van der Waals surface area contributed by atoms with Gasteiger partial charge in [0.15, 0.2) is 0 Å². The number of aromatic nitrogens is 1. The van der Waals surface area contributed by atoms with E-state index in [2.05, 4.69) is 41.5 Å². The summed E-state index contributed by atoms with van der Waals surface area (Å²) in [5, 5.41) is 5.82. The van der Waals surface area contributed by atoms with Gasteiger partial charge < -0.3 is 10.1 Å².